The van der Waals surface area contributed by atoms with Gasteiger partial charge in [-0.1, -0.05) is 37.3 Å². The summed E-state index contributed by atoms with van der Waals surface area (Å²) in [4.78, 5) is 10.3. The van der Waals surface area contributed by atoms with Crippen LogP contribution in [0.1, 0.15) is 37.7 Å². The van der Waals surface area contributed by atoms with Gasteiger partial charge in [0.05, 0.1) is 0 Å². The van der Waals surface area contributed by atoms with Gasteiger partial charge in [0.2, 0.25) is 0 Å². The monoisotopic (exact) mass is 235 g/mol. The molecule has 0 heterocycles. The predicted octanol–water partition coefficient (Wildman–Crippen LogP) is 2.63. The van der Waals surface area contributed by atoms with Gasteiger partial charge in [-0.2, -0.15) is 0 Å². The summed E-state index contributed by atoms with van der Waals surface area (Å²) in [6, 6.07) is 10.4. The highest BCUT2D eigenvalue weighted by Gasteiger charge is 2.03. The van der Waals surface area contributed by atoms with E-state index in [0.717, 1.165) is 25.9 Å². The number of rotatable bonds is 8. The Morgan fingerprint density at radius 3 is 2.65 bits per heavy atom. The van der Waals surface area contributed by atoms with Crippen LogP contribution in [-0.4, -0.2) is 24.2 Å². The van der Waals surface area contributed by atoms with Crippen molar-refractivity contribution in [1.82, 2.24) is 5.32 Å². The lowest BCUT2D eigenvalue weighted by atomic mass is 10.0. The summed E-state index contributed by atoms with van der Waals surface area (Å²) in [5.41, 5.74) is 1.34. The van der Waals surface area contributed by atoms with E-state index < -0.39 is 5.97 Å². The van der Waals surface area contributed by atoms with Gasteiger partial charge in [0.25, 0.3) is 0 Å². The van der Waals surface area contributed by atoms with E-state index in [0.29, 0.717) is 5.92 Å². The van der Waals surface area contributed by atoms with E-state index >= 15 is 0 Å². The highest BCUT2D eigenvalue weighted by molar-refractivity contribution is 5.66. The zero-order chi connectivity index (χ0) is 12.5. The van der Waals surface area contributed by atoms with E-state index in [1.54, 1.807) is 0 Å². The van der Waals surface area contributed by atoms with Crippen molar-refractivity contribution in [2.24, 2.45) is 0 Å². The third kappa shape index (κ3) is 6.07. The predicted molar refractivity (Wildman–Crippen MR) is 69.2 cm³/mol. The smallest absolute Gasteiger partial charge is 0.303 e. The Bertz CT molecular complexity index is 324. The molecule has 0 radical (unpaired) electrons. The van der Waals surface area contributed by atoms with Crippen molar-refractivity contribution in [3.05, 3.63) is 35.9 Å². The van der Waals surface area contributed by atoms with Crippen LogP contribution in [0.15, 0.2) is 30.3 Å². The summed E-state index contributed by atoms with van der Waals surface area (Å²) in [5, 5.41) is 11.9. The Balaban J connectivity index is 2.09. The summed E-state index contributed by atoms with van der Waals surface area (Å²) in [6.07, 6.45) is 1.95. The lowest BCUT2D eigenvalue weighted by molar-refractivity contribution is -0.137. The van der Waals surface area contributed by atoms with Gasteiger partial charge in [-0.3, -0.25) is 4.79 Å². The minimum Gasteiger partial charge on any atom is -0.481 e. The first-order valence-electron chi connectivity index (χ1n) is 6.17. The standard InChI is InChI=1S/C14H21NO2/c1-12(13-7-3-2-4-8-13)11-15-10-6-5-9-14(16)17/h2-4,7-8,12,15H,5-6,9-11H2,1H3,(H,16,17). The Kier molecular flexibility index (Phi) is 6.33. The Labute approximate surface area is 103 Å². The van der Waals surface area contributed by atoms with Crippen LogP contribution >= 0.6 is 0 Å². The fourth-order valence-electron chi connectivity index (χ4n) is 1.74. The second-order valence-corrected chi connectivity index (χ2v) is 4.37. The number of carbonyl (C=O) groups is 1. The molecule has 0 spiro atoms. The maximum absolute atomic E-state index is 10.3. The van der Waals surface area contributed by atoms with Gasteiger partial charge in [0, 0.05) is 13.0 Å². The summed E-state index contributed by atoms with van der Waals surface area (Å²) in [7, 11) is 0. The maximum Gasteiger partial charge on any atom is 0.303 e. The number of benzene rings is 1. The molecule has 0 aliphatic heterocycles. The molecule has 0 aromatic heterocycles. The fraction of sp³-hybridized carbons (Fsp3) is 0.500. The van der Waals surface area contributed by atoms with Crippen LogP contribution in [0, 0.1) is 0 Å². The van der Waals surface area contributed by atoms with Crippen molar-refractivity contribution in [3.8, 4) is 0 Å². The third-order valence-corrected chi connectivity index (χ3v) is 2.81. The molecule has 3 heteroatoms. The molecule has 0 saturated carbocycles. The van der Waals surface area contributed by atoms with Crippen molar-refractivity contribution in [2.45, 2.75) is 32.1 Å². The number of hydrogen-bond acceptors (Lipinski definition) is 2. The molecule has 94 valence electrons. The van der Waals surface area contributed by atoms with Crippen LogP contribution < -0.4 is 5.32 Å². The summed E-state index contributed by atoms with van der Waals surface area (Å²) >= 11 is 0. The van der Waals surface area contributed by atoms with Gasteiger partial charge in [-0.25, -0.2) is 0 Å². The first-order valence-corrected chi connectivity index (χ1v) is 6.17. The number of hydrogen-bond donors (Lipinski definition) is 2. The van der Waals surface area contributed by atoms with Crippen LogP contribution in [0.2, 0.25) is 0 Å². The van der Waals surface area contributed by atoms with E-state index in [4.69, 9.17) is 5.11 Å². The fourth-order valence-corrected chi connectivity index (χ4v) is 1.74. The van der Waals surface area contributed by atoms with E-state index in [-0.39, 0.29) is 6.42 Å². The van der Waals surface area contributed by atoms with Crippen molar-refractivity contribution in [3.63, 3.8) is 0 Å². The summed E-state index contributed by atoms with van der Waals surface area (Å²) < 4.78 is 0. The molecular weight excluding hydrogens is 214 g/mol. The number of unbranched alkanes of at least 4 members (excludes halogenated alkanes) is 1. The van der Waals surface area contributed by atoms with Gasteiger partial charge < -0.3 is 10.4 Å². The molecule has 0 fully saturated rings. The Morgan fingerprint density at radius 2 is 2.00 bits per heavy atom. The molecule has 1 rings (SSSR count). The lowest BCUT2D eigenvalue weighted by Gasteiger charge is -2.12. The highest BCUT2D eigenvalue weighted by atomic mass is 16.4. The second kappa shape index (κ2) is 7.85. The normalized spacial score (nSPS) is 12.3. The molecule has 1 aromatic rings. The average Bonchev–Trinajstić information content (AvgIpc) is 2.34. The summed E-state index contributed by atoms with van der Waals surface area (Å²) in [6.45, 7) is 4.03. The minimum atomic E-state index is -0.706. The van der Waals surface area contributed by atoms with Crippen LogP contribution in [0.3, 0.4) is 0 Å². The van der Waals surface area contributed by atoms with Gasteiger partial charge in [-0.05, 0) is 30.9 Å². The van der Waals surface area contributed by atoms with Gasteiger partial charge in [0.1, 0.15) is 0 Å². The Hall–Kier alpha value is -1.35. The van der Waals surface area contributed by atoms with E-state index in [1.807, 2.05) is 6.07 Å². The van der Waals surface area contributed by atoms with Crippen LogP contribution in [0.4, 0.5) is 0 Å². The molecule has 1 aromatic carbocycles. The zero-order valence-corrected chi connectivity index (χ0v) is 10.4. The van der Waals surface area contributed by atoms with Gasteiger partial charge >= 0.3 is 5.97 Å². The highest BCUT2D eigenvalue weighted by Crippen LogP contribution is 2.12. The molecule has 0 amide bonds. The van der Waals surface area contributed by atoms with Crippen LogP contribution in [-0.2, 0) is 4.79 Å². The number of aliphatic carboxylic acids is 1. The maximum atomic E-state index is 10.3. The number of nitrogens with one attached hydrogen (secondary N) is 1. The molecule has 1 unspecified atom stereocenters. The SMILES string of the molecule is CC(CNCCCCC(=O)O)c1ccccc1. The van der Waals surface area contributed by atoms with E-state index in [1.165, 1.54) is 5.56 Å². The van der Waals surface area contributed by atoms with Crippen LogP contribution in [0.25, 0.3) is 0 Å². The number of carboxylic acids is 1. The first-order chi connectivity index (χ1) is 8.20. The molecule has 0 aliphatic carbocycles. The molecule has 2 N–H and O–H groups in total. The third-order valence-electron chi connectivity index (χ3n) is 2.81. The number of carboxylic acid groups (broad SMARTS) is 1. The molecule has 0 bridgehead atoms. The van der Waals surface area contributed by atoms with Gasteiger partial charge in [0.15, 0.2) is 0 Å². The molecule has 1 atom stereocenters. The van der Waals surface area contributed by atoms with Gasteiger partial charge in [-0.15, -0.1) is 0 Å². The Morgan fingerprint density at radius 1 is 1.29 bits per heavy atom. The van der Waals surface area contributed by atoms with Crippen molar-refractivity contribution >= 4 is 5.97 Å². The van der Waals surface area contributed by atoms with Crippen molar-refractivity contribution in [1.29, 1.82) is 0 Å². The molecule has 3 nitrogen and oxygen atoms in total. The average molecular weight is 235 g/mol. The lowest BCUT2D eigenvalue weighted by Crippen LogP contribution is -2.21. The molecule has 17 heavy (non-hydrogen) atoms. The van der Waals surface area contributed by atoms with Crippen molar-refractivity contribution in [2.75, 3.05) is 13.1 Å². The summed E-state index contributed by atoms with van der Waals surface area (Å²) in [5.74, 6) is -0.210. The largest absolute Gasteiger partial charge is 0.481 e. The zero-order valence-electron chi connectivity index (χ0n) is 10.4. The molecular formula is C14H21NO2. The van der Waals surface area contributed by atoms with E-state index in [9.17, 15) is 4.79 Å². The van der Waals surface area contributed by atoms with Crippen molar-refractivity contribution < 1.29 is 9.90 Å². The molecule has 0 aliphatic rings. The first kappa shape index (κ1) is 13.7. The topological polar surface area (TPSA) is 49.3 Å². The minimum absolute atomic E-state index is 0.274. The molecule has 0 saturated heterocycles. The quantitative estimate of drug-likeness (QED) is 0.681. The van der Waals surface area contributed by atoms with Crippen LogP contribution in [0.5, 0.6) is 0 Å². The second-order valence-electron chi connectivity index (χ2n) is 4.37. The van der Waals surface area contributed by atoms with E-state index in [2.05, 4.69) is 36.5 Å².